The third-order valence-corrected chi connectivity index (χ3v) is 4.37. The summed E-state index contributed by atoms with van der Waals surface area (Å²) in [5.41, 5.74) is 0.591. The minimum Gasteiger partial charge on any atom is -0.481 e. The first-order valence-corrected chi connectivity index (χ1v) is 6.63. The zero-order chi connectivity index (χ0) is 15.7. The first-order valence-electron chi connectivity index (χ1n) is 6.63. The van der Waals surface area contributed by atoms with Crippen LogP contribution in [-0.4, -0.2) is 22.5 Å². The molecule has 0 spiro atoms. The molecule has 1 aromatic rings. The normalized spacial score (nSPS) is 12.1. The Morgan fingerprint density at radius 3 is 2.15 bits per heavy atom. The molecule has 2 N–H and O–H groups in total. The molecule has 0 unspecified atom stereocenters. The van der Waals surface area contributed by atoms with E-state index in [1.165, 1.54) is 0 Å². The van der Waals surface area contributed by atoms with E-state index in [4.69, 9.17) is 0 Å². The van der Waals surface area contributed by atoms with Crippen LogP contribution in [0.5, 0.6) is 0 Å². The van der Waals surface area contributed by atoms with Crippen LogP contribution in [0.2, 0.25) is 0 Å². The van der Waals surface area contributed by atoms with Gasteiger partial charge in [-0.05, 0) is 58.7 Å². The van der Waals surface area contributed by atoms with Crippen molar-refractivity contribution in [1.82, 2.24) is 5.32 Å². The van der Waals surface area contributed by atoms with Crippen LogP contribution in [0.3, 0.4) is 0 Å². The number of carbonyl (C=O) groups is 2. The number of nitrogens with one attached hydrogen (secondary N) is 1. The number of hydrogen-bond acceptors (Lipinski definition) is 2. The van der Waals surface area contributed by atoms with Crippen LogP contribution >= 0.6 is 0 Å². The molecular weight excluding hydrogens is 254 g/mol. The van der Waals surface area contributed by atoms with Crippen molar-refractivity contribution in [3.8, 4) is 0 Å². The summed E-state index contributed by atoms with van der Waals surface area (Å²) in [6.45, 7) is 10.5. The molecule has 0 bridgehead atoms. The summed E-state index contributed by atoms with van der Waals surface area (Å²) in [6, 6.07) is 5.52. The SMILES string of the molecule is Cc1cccc(C(=O)NC(C)(C)C(C)(C)C(=O)O)c1C. The summed E-state index contributed by atoms with van der Waals surface area (Å²) in [6.07, 6.45) is 0. The molecule has 0 radical (unpaired) electrons. The molecule has 0 heterocycles. The first-order chi connectivity index (χ1) is 9.00. The second kappa shape index (κ2) is 5.27. The van der Waals surface area contributed by atoms with Gasteiger partial charge in [-0.3, -0.25) is 9.59 Å². The quantitative estimate of drug-likeness (QED) is 0.889. The van der Waals surface area contributed by atoms with Gasteiger partial charge in [-0.1, -0.05) is 12.1 Å². The average Bonchev–Trinajstić information content (AvgIpc) is 2.31. The van der Waals surface area contributed by atoms with Gasteiger partial charge < -0.3 is 10.4 Å². The number of benzene rings is 1. The molecule has 0 aliphatic carbocycles. The van der Waals surface area contributed by atoms with E-state index >= 15 is 0 Å². The molecule has 0 saturated heterocycles. The van der Waals surface area contributed by atoms with Crippen LogP contribution in [-0.2, 0) is 4.79 Å². The Kier molecular flexibility index (Phi) is 4.27. The molecule has 0 saturated carbocycles. The van der Waals surface area contributed by atoms with Gasteiger partial charge in [-0.15, -0.1) is 0 Å². The van der Waals surface area contributed by atoms with Crippen molar-refractivity contribution in [3.63, 3.8) is 0 Å². The second-order valence-corrected chi connectivity index (χ2v) is 6.26. The Bertz CT molecular complexity index is 545. The third kappa shape index (κ3) is 2.84. The van der Waals surface area contributed by atoms with Crippen molar-refractivity contribution in [2.24, 2.45) is 5.41 Å². The molecule has 0 fully saturated rings. The summed E-state index contributed by atoms with van der Waals surface area (Å²) < 4.78 is 0. The number of rotatable bonds is 4. The van der Waals surface area contributed by atoms with Gasteiger partial charge in [0.15, 0.2) is 0 Å². The van der Waals surface area contributed by atoms with Crippen molar-refractivity contribution < 1.29 is 14.7 Å². The van der Waals surface area contributed by atoms with Crippen LogP contribution in [0.15, 0.2) is 18.2 Å². The summed E-state index contributed by atoms with van der Waals surface area (Å²) in [4.78, 5) is 23.8. The van der Waals surface area contributed by atoms with Crippen LogP contribution in [0.25, 0.3) is 0 Å². The lowest BCUT2D eigenvalue weighted by molar-refractivity contribution is -0.150. The van der Waals surface area contributed by atoms with E-state index < -0.39 is 16.9 Å². The van der Waals surface area contributed by atoms with Gasteiger partial charge in [-0.2, -0.15) is 0 Å². The predicted molar refractivity (Wildman–Crippen MR) is 78.9 cm³/mol. The standard InChI is InChI=1S/C16H23NO3/c1-10-8-7-9-12(11(10)2)13(18)17-16(5,6)15(3,4)14(19)20/h7-9H,1-6H3,(H,17,18)(H,19,20). The van der Waals surface area contributed by atoms with Gasteiger partial charge in [0.2, 0.25) is 0 Å². The summed E-state index contributed by atoms with van der Waals surface area (Å²) in [5, 5.41) is 12.2. The van der Waals surface area contributed by atoms with Gasteiger partial charge in [0, 0.05) is 5.56 Å². The zero-order valence-corrected chi connectivity index (χ0v) is 13.0. The number of aryl methyl sites for hydroxylation is 1. The topological polar surface area (TPSA) is 66.4 Å². The summed E-state index contributed by atoms with van der Waals surface area (Å²) in [5.74, 6) is -1.19. The van der Waals surface area contributed by atoms with Gasteiger partial charge in [0.05, 0.1) is 11.0 Å². The fourth-order valence-corrected chi connectivity index (χ4v) is 1.77. The molecule has 0 aliphatic heterocycles. The van der Waals surface area contributed by atoms with Crippen molar-refractivity contribution in [1.29, 1.82) is 0 Å². The molecule has 110 valence electrons. The van der Waals surface area contributed by atoms with E-state index in [9.17, 15) is 14.7 Å². The van der Waals surface area contributed by atoms with Crippen LogP contribution in [0, 0.1) is 19.3 Å². The number of carbonyl (C=O) groups excluding carboxylic acids is 1. The molecule has 1 aromatic carbocycles. The number of hydrogen-bond donors (Lipinski definition) is 2. The molecule has 4 nitrogen and oxygen atoms in total. The number of carboxylic acids is 1. The molecule has 0 aromatic heterocycles. The highest BCUT2D eigenvalue weighted by atomic mass is 16.4. The van der Waals surface area contributed by atoms with E-state index in [-0.39, 0.29) is 5.91 Å². The lowest BCUT2D eigenvalue weighted by Gasteiger charge is -2.39. The van der Waals surface area contributed by atoms with E-state index in [1.807, 2.05) is 26.0 Å². The monoisotopic (exact) mass is 277 g/mol. The van der Waals surface area contributed by atoms with Gasteiger partial charge in [-0.25, -0.2) is 0 Å². The predicted octanol–water partition coefficient (Wildman–Crippen LogP) is 2.92. The second-order valence-electron chi connectivity index (χ2n) is 6.26. The van der Waals surface area contributed by atoms with Crippen molar-refractivity contribution in [2.75, 3.05) is 0 Å². The molecule has 20 heavy (non-hydrogen) atoms. The Labute approximate surface area is 120 Å². The summed E-state index contributed by atoms with van der Waals surface area (Å²) in [7, 11) is 0. The highest BCUT2D eigenvalue weighted by molar-refractivity contribution is 5.96. The molecule has 0 atom stereocenters. The Balaban J connectivity index is 3.07. The highest BCUT2D eigenvalue weighted by Crippen LogP contribution is 2.31. The number of carboxylic acid groups (broad SMARTS) is 1. The maximum Gasteiger partial charge on any atom is 0.311 e. The van der Waals surface area contributed by atoms with E-state index in [2.05, 4.69) is 5.32 Å². The summed E-state index contributed by atoms with van der Waals surface area (Å²) >= 11 is 0. The maximum atomic E-state index is 12.4. The highest BCUT2D eigenvalue weighted by Gasteiger charge is 2.44. The molecule has 1 amide bonds. The van der Waals surface area contributed by atoms with Crippen molar-refractivity contribution in [2.45, 2.75) is 47.1 Å². The minimum atomic E-state index is -1.07. The van der Waals surface area contributed by atoms with E-state index in [0.29, 0.717) is 5.56 Å². The number of aliphatic carboxylic acids is 1. The Hall–Kier alpha value is -1.84. The first kappa shape index (κ1) is 16.2. The lowest BCUT2D eigenvalue weighted by atomic mass is 9.74. The third-order valence-electron chi connectivity index (χ3n) is 4.37. The van der Waals surface area contributed by atoms with E-state index in [0.717, 1.165) is 11.1 Å². The van der Waals surface area contributed by atoms with Gasteiger partial charge in [0.1, 0.15) is 0 Å². The Morgan fingerprint density at radius 1 is 1.10 bits per heavy atom. The molecule has 1 rings (SSSR count). The fourth-order valence-electron chi connectivity index (χ4n) is 1.77. The average molecular weight is 277 g/mol. The van der Waals surface area contributed by atoms with Crippen molar-refractivity contribution in [3.05, 3.63) is 34.9 Å². The lowest BCUT2D eigenvalue weighted by Crippen LogP contribution is -2.57. The molecular formula is C16H23NO3. The fraction of sp³-hybridized carbons (Fsp3) is 0.500. The van der Waals surface area contributed by atoms with Gasteiger partial charge >= 0.3 is 5.97 Å². The largest absolute Gasteiger partial charge is 0.481 e. The molecule has 4 heteroatoms. The zero-order valence-electron chi connectivity index (χ0n) is 13.0. The van der Waals surface area contributed by atoms with Gasteiger partial charge in [0.25, 0.3) is 5.91 Å². The smallest absolute Gasteiger partial charge is 0.311 e. The van der Waals surface area contributed by atoms with Crippen molar-refractivity contribution >= 4 is 11.9 Å². The number of amides is 1. The van der Waals surface area contributed by atoms with Crippen LogP contribution in [0.4, 0.5) is 0 Å². The Morgan fingerprint density at radius 2 is 1.65 bits per heavy atom. The van der Waals surface area contributed by atoms with E-state index in [1.54, 1.807) is 33.8 Å². The van der Waals surface area contributed by atoms with Crippen LogP contribution < -0.4 is 5.32 Å². The van der Waals surface area contributed by atoms with Crippen LogP contribution in [0.1, 0.15) is 49.2 Å². The maximum absolute atomic E-state index is 12.4. The minimum absolute atomic E-state index is 0.245. The molecule has 0 aliphatic rings.